The summed E-state index contributed by atoms with van der Waals surface area (Å²) in [7, 11) is 0. The van der Waals surface area contributed by atoms with Gasteiger partial charge in [0.2, 0.25) is 5.89 Å². The van der Waals surface area contributed by atoms with Crippen LogP contribution < -0.4 is 0 Å². The third kappa shape index (κ3) is 2.56. The third-order valence-electron chi connectivity index (χ3n) is 4.11. The first-order valence-corrected chi connectivity index (χ1v) is 7.03. The number of carbonyl (C=O) groups is 1. The number of nitrogens with zero attached hydrogens (tertiary/aromatic N) is 2. The lowest BCUT2D eigenvalue weighted by atomic mass is 9.80. The molecule has 1 aliphatic heterocycles. The van der Waals surface area contributed by atoms with Gasteiger partial charge in [0.05, 0.1) is 12.7 Å². The molecule has 0 amide bonds. The molecule has 1 saturated heterocycles. The Morgan fingerprint density at radius 1 is 1.43 bits per heavy atom. The van der Waals surface area contributed by atoms with Gasteiger partial charge in [-0.2, -0.15) is 0 Å². The second-order valence-corrected chi connectivity index (χ2v) is 5.58. The molecule has 0 radical (unpaired) electrons. The van der Waals surface area contributed by atoms with Crippen molar-refractivity contribution in [3.05, 3.63) is 53.7 Å². The Kier molecular flexibility index (Phi) is 3.51. The van der Waals surface area contributed by atoms with E-state index in [0.717, 1.165) is 17.9 Å². The Morgan fingerprint density at radius 2 is 2.19 bits per heavy atom. The van der Waals surface area contributed by atoms with Gasteiger partial charge in [-0.25, -0.2) is 4.98 Å². The molecule has 1 aromatic carbocycles. The molecular formula is C16H18N2O3. The van der Waals surface area contributed by atoms with E-state index in [-0.39, 0.29) is 0 Å². The van der Waals surface area contributed by atoms with Crippen molar-refractivity contribution in [2.45, 2.75) is 25.3 Å². The topological polar surface area (TPSA) is 66.6 Å². The molecule has 21 heavy (non-hydrogen) atoms. The van der Waals surface area contributed by atoms with Crippen molar-refractivity contribution in [3.63, 3.8) is 0 Å². The van der Waals surface area contributed by atoms with Crippen molar-refractivity contribution >= 4 is 5.97 Å². The number of hydrogen-bond acceptors (Lipinski definition) is 4. The Labute approximate surface area is 123 Å². The SMILES string of the molecule is Cc1cnc(CN2CCC(C(=O)O)(c3ccccc3)C2)o1. The molecule has 5 heteroatoms. The summed E-state index contributed by atoms with van der Waals surface area (Å²) in [5.74, 6) is 0.651. The summed E-state index contributed by atoms with van der Waals surface area (Å²) in [4.78, 5) is 18.1. The largest absolute Gasteiger partial charge is 0.481 e. The number of likely N-dealkylation sites (tertiary alicyclic amines) is 1. The highest BCUT2D eigenvalue weighted by molar-refractivity contribution is 5.82. The van der Waals surface area contributed by atoms with Crippen LogP contribution in [0.3, 0.4) is 0 Å². The molecular weight excluding hydrogens is 268 g/mol. The van der Waals surface area contributed by atoms with Crippen molar-refractivity contribution < 1.29 is 14.3 Å². The van der Waals surface area contributed by atoms with Gasteiger partial charge in [0.1, 0.15) is 11.2 Å². The van der Waals surface area contributed by atoms with Crippen molar-refractivity contribution in [2.75, 3.05) is 13.1 Å². The number of carboxylic acids is 1. The van der Waals surface area contributed by atoms with E-state index in [4.69, 9.17) is 4.42 Å². The van der Waals surface area contributed by atoms with Crippen LogP contribution in [0, 0.1) is 6.92 Å². The minimum atomic E-state index is -0.830. The Hall–Kier alpha value is -2.14. The highest BCUT2D eigenvalue weighted by Crippen LogP contribution is 2.35. The lowest BCUT2D eigenvalue weighted by molar-refractivity contribution is -0.143. The molecule has 1 N–H and O–H groups in total. The molecule has 0 bridgehead atoms. The van der Waals surface area contributed by atoms with Crippen LogP contribution in [0.1, 0.15) is 23.6 Å². The number of hydrogen-bond donors (Lipinski definition) is 1. The van der Waals surface area contributed by atoms with Crippen LogP contribution in [-0.2, 0) is 16.8 Å². The summed E-state index contributed by atoms with van der Waals surface area (Å²) < 4.78 is 5.48. The molecule has 0 spiro atoms. The van der Waals surface area contributed by atoms with E-state index < -0.39 is 11.4 Å². The van der Waals surface area contributed by atoms with Crippen LogP contribution in [0.2, 0.25) is 0 Å². The number of oxazole rings is 1. The first-order chi connectivity index (χ1) is 10.1. The van der Waals surface area contributed by atoms with E-state index in [2.05, 4.69) is 9.88 Å². The van der Waals surface area contributed by atoms with Crippen LogP contribution in [0.15, 0.2) is 40.9 Å². The van der Waals surface area contributed by atoms with Crippen LogP contribution in [0.25, 0.3) is 0 Å². The van der Waals surface area contributed by atoms with Gasteiger partial charge in [-0.1, -0.05) is 30.3 Å². The second-order valence-electron chi connectivity index (χ2n) is 5.58. The predicted octanol–water partition coefficient (Wildman–Crippen LogP) is 2.21. The average Bonchev–Trinajstić information content (AvgIpc) is 3.08. The zero-order chi connectivity index (χ0) is 14.9. The highest BCUT2D eigenvalue weighted by Gasteiger charge is 2.46. The Morgan fingerprint density at radius 3 is 2.81 bits per heavy atom. The Balaban J connectivity index is 1.80. The van der Waals surface area contributed by atoms with Gasteiger partial charge in [0.25, 0.3) is 0 Å². The quantitative estimate of drug-likeness (QED) is 0.933. The van der Waals surface area contributed by atoms with Crippen molar-refractivity contribution in [1.29, 1.82) is 0 Å². The molecule has 0 aliphatic carbocycles. The summed E-state index contributed by atoms with van der Waals surface area (Å²) in [6.45, 7) is 3.61. The van der Waals surface area contributed by atoms with Gasteiger partial charge in [-0.15, -0.1) is 0 Å². The van der Waals surface area contributed by atoms with E-state index in [0.29, 0.717) is 25.4 Å². The Bertz CT molecular complexity index is 638. The lowest BCUT2D eigenvalue weighted by Crippen LogP contribution is -2.38. The smallest absolute Gasteiger partial charge is 0.315 e. The van der Waals surface area contributed by atoms with Gasteiger partial charge in [0, 0.05) is 13.1 Å². The fourth-order valence-electron chi connectivity index (χ4n) is 2.98. The number of rotatable bonds is 4. The van der Waals surface area contributed by atoms with E-state index in [1.54, 1.807) is 6.20 Å². The van der Waals surface area contributed by atoms with Gasteiger partial charge >= 0.3 is 5.97 Å². The summed E-state index contributed by atoms with van der Waals surface area (Å²) in [5, 5.41) is 9.74. The van der Waals surface area contributed by atoms with Gasteiger partial charge < -0.3 is 9.52 Å². The van der Waals surface area contributed by atoms with Crippen molar-refractivity contribution in [3.8, 4) is 0 Å². The maximum atomic E-state index is 11.9. The monoisotopic (exact) mass is 286 g/mol. The predicted molar refractivity (Wildman–Crippen MR) is 76.9 cm³/mol. The minimum absolute atomic E-state index is 0.480. The molecule has 110 valence electrons. The summed E-state index contributed by atoms with van der Waals surface area (Å²) in [6, 6.07) is 9.47. The maximum absolute atomic E-state index is 11.9. The molecule has 1 unspecified atom stereocenters. The molecule has 3 rings (SSSR count). The van der Waals surface area contributed by atoms with Gasteiger partial charge in [-0.3, -0.25) is 9.69 Å². The lowest BCUT2D eigenvalue weighted by Gasteiger charge is -2.25. The highest BCUT2D eigenvalue weighted by atomic mass is 16.4. The molecule has 1 atom stereocenters. The van der Waals surface area contributed by atoms with E-state index in [9.17, 15) is 9.90 Å². The molecule has 2 heterocycles. The second kappa shape index (κ2) is 5.33. The molecule has 1 aromatic heterocycles. The molecule has 2 aromatic rings. The van der Waals surface area contributed by atoms with Crippen LogP contribution in [0.4, 0.5) is 0 Å². The van der Waals surface area contributed by atoms with Gasteiger partial charge in [0.15, 0.2) is 0 Å². The molecule has 5 nitrogen and oxygen atoms in total. The van der Waals surface area contributed by atoms with Gasteiger partial charge in [-0.05, 0) is 18.9 Å². The first kappa shape index (κ1) is 13.8. The fourth-order valence-corrected chi connectivity index (χ4v) is 2.98. The van der Waals surface area contributed by atoms with Crippen LogP contribution in [-0.4, -0.2) is 34.0 Å². The minimum Gasteiger partial charge on any atom is -0.481 e. The number of aliphatic carboxylic acids is 1. The normalized spacial score (nSPS) is 22.5. The summed E-state index contributed by atoms with van der Waals surface area (Å²) >= 11 is 0. The van der Waals surface area contributed by atoms with E-state index in [1.807, 2.05) is 37.3 Å². The zero-order valence-electron chi connectivity index (χ0n) is 12.0. The standard InChI is InChI=1S/C16H18N2O3/c1-12-9-17-14(21-12)10-18-8-7-16(11-18,15(19)20)13-5-3-2-4-6-13/h2-6,9H,7-8,10-11H2,1H3,(H,19,20). The first-order valence-electron chi connectivity index (χ1n) is 7.03. The fraction of sp³-hybridized carbons (Fsp3) is 0.375. The molecule has 1 aliphatic rings. The van der Waals surface area contributed by atoms with E-state index >= 15 is 0 Å². The number of aryl methyl sites for hydroxylation is 1. The molecule has 0 saturated carbocycles. The zero-order valence-corrected chi connectivity index (χ0v) is 12.0. The number of carboxylic acid groups (broad SMARTS) is 1. The summed E-state index contributed by atoms with van der Waals surface area (Å²) in [5.41, 5.74) is 0.0340. The molecule has 1 fully saturated rings. The third-order valence-corrected chi connectivity index (χ3v) is 4.11. The van der Waals surface area contributed by atoms with Crippen molar-refractivity contribution in [2.24, 2.45) is 0 Å². The van der Waals surface area contributed by atoms with Crippen LogP contribution in [0.5, 0.6) is 0 Å². The maximum Gasteiger partial charge on any atom is 0.315 e. The summed E-state index contributed by atoms with van der Waals surface area (Å²) in [6.07, 6.45) is 2.29. The number of benzene rings is 1. The number of aromatic nitrogens is 1. The van der Waals surface area contributed by atoms with Crippen LogP contribution >= 0.6 is 0 Å². The van der Waals surface area contributed by atoms with E-state index in [1.165, 1.54) is 0 Å². The average molecular weight is 286 g/mol. The van der Waals surface area contributed by atoms with Crippen molar-refractivity contribution in [1.82, 2.24) is 9.88 Å².